The average Bonchev–Trinajstić information content (AvgIpc) is 2.75. The van der Waals surface area contributed by atoms with Crippen LogP contribution in [0.1, 0.15) is 58.4 Å². The van der Waals surface area contributed by atoms with E-state index in [0.717, 1.165) is 25.3 Å². The van der Waals surface area contributed by atoms with Crippen molar-refractivity contribution in [3.63, 3.8) is 0 Å². The van der Waals surface area contributed by atoms with E-state index < -0.39 is 28.9 Å². The van der Waals surface area contributed by atoms with E-state index in [0.29, 0.717) is 29.7 Å². The van der Waals surface area contributed by atoms with Gasteiger partial charge in [0.1, 0.15) is 11.3 Å². The molecular weight excluding hydrogens is 392 g/mol. The third-order valence-corrected chi connectivity index (χ3v) is 5.72. The van der Waals surface area contributed by atoms with Gasteiger partial charge in [-0.3, -0.25) is 9.59 Å². The van der Waals surface area contributed by atoms with Crippen LogP contribution in [0.3, 0.4) is 0 Å². The molecule has 30 heavy (non-hydrogen) atoms. The summed E-state index contributed by atoms with van der Waals surface area (Å²) in [6.07, 6.45) is 3.25. The largest absolute Gasteiger partial charge is 0.496 e. The molecule has 0 aromatic heterocycles. The van der Waals surface area contributed by atoms with Crippen LogP contribution < -0.4 is 14.8 Å². The van der Waals surface area contributed by atoms with Crippen molar-refractivity contribution in [2.45, 2.75) is 44.6 Å². The van der Waals surface area contributed by atoms with Crippen molar-refractivity contribution in [3.8, 4) is 11.5 Å². The lowest BCUT2D eigenvalue weighted by molar-refractivity contribution is 0.0713. The van der Waals surface area contributed by atoms with Crippen molar-refractivity contribution in [2.24, 2.45) is 0 Å². The number of hydrogen-bond acceptors (Lipinski definition) is 4. The van der Waals surface area contributed by atoms with Crippen LogP contribution in [0, 0.1) is 18.6 Å². The number of carbonyl (C=O) groups is 2. The van der Waals surface area contributed by atoms with Crippen LogP contribution >= 0.6 is 0 Å². The fraction of sp³-hybridized carbons (Fsp3) is 0.391. The summed E-state index contributed by atoms with van der Waals surface area (Å²) in [7, 11) is 2.72. The number of amides is 1. The minimum absolute atomic E-state index is 0.0321. The summed E-state index contributed by atoms with van der Waals surface area (Å²) in [5.74, 6) is -2.96. The molecule has 1 aliphatic rings. The lowest BCUT2D eigenvalue weighted by Crippen LogP contribution is -2.55. The van der Waals surface area contributed by atoms with E-state index in [1.807, 2.05) is 0 Å². The molecule has 1 saturated carbocycles. The van der Waals surface area contributed by atoms with E-state index in [1.54, 1.807) is 25.1 Å². The lowest BCUT2D eigenvalue weighted by Gasteiger charge is -2.37. The van der Waals surface area contributed by atoms with Gasteiger partial charge in [0.15, 0.2) is 17.3 Å². The Hall–Kier alpha value is -2.96. The predicted molar refractivity (Wildman–Crippen MR) is 108 cm³/mol. The van der Waals surface area contributed by atoms with Gasteiger partial charge in [-0.1, -0.05) is 25.3 Å². The number of rotatable bonds is 6. The molecule has 2 aromatic carbocycles. The van der Waals surface area contributed by atoms with Crippen molar-refractivity contribution in [3.05, 3.63) is 58.7 Å². The summed E-state index contributed by atoms with van der Waals surface area (Å²) in [4.78, 5) is 26.6. The monoisotopic (exact) mass is 417 g/mol. The van der Waals surface area contributed by atoms with Crippen molar-refractivity contribution >= 4 is 11.7 Å². The molecule has 160 valence electrons. The van der Waals surface area contributed by atoms with Gasteiger partial charge in [0.25, 0.3) is 5.91 Å². The van der Waals surface area contributed by atoms with E-state index in [-0.39, 0.29) is 11.3 Å². The molecule has 5 nitrogen and oxygen atoms in total. The van der Waals surface area contributed by atoms with Gasteiger partial charge in [0, 0.05) is 16.7 Å². The molecule has 2 aromatic rings. The Morgan fingerprint density at radius 1 is 1.00 bits per heavy atom. The smallest absolute Gasteiger partial charge is 0.252 e. The van der Waals surface area contributed by atoms with Gasteiger partial charge in [0.05, 0.1) is 14.2 Å². The highest BCUT2D eigenvalue weighted by Crippen LogP contribution is 2.34. The van der Waals surface area contributed by atoms with Crippen LogP contribution in [-0.4, -0.2) is 31.4 Å². The molecule has 1 fully saturated rings. The number of Topliss-reactive ketones (excluding diaryl/α,β-unsaturated/α-hetero) is 1. The quantitative estimate of drug-likeness (QED) is 0.698. The zero-order chi connectivity index (χ0) is 21.9. The number of benzene rings is 2. The minimum atomic E-state index is -1.19. The van der Waals surface area contributed by atoms with E-state index >= 15 is 0 Å². The van der Waals surface area contributed by atoms with Crippen LogP contribution in [0.2, 0.25) is 0 Å². The fourth-order valence-electron chi connectivity index (χ4n) is 4.05. The van der Waals surface area contributed by atoms with Gasteiger partial charge in [0.2, 0.25) is 5.82 Å². The van der Waals surface area contributed by atoms with Crippen molar-refractivity contribution in [1.29, 1.82) is 0 Å². The van der Waals surface area contributed by atoms with Crippen LogP contribution in [0.15, 0.2) is 30.3 Å². The van der Waals surface area contributed by atoms with Crippen molar-refractivity contribution in [2.75, 3.05) is 14.2 Å². The number of halogens is 2. The maximum Gasteiger partial charge on any atom is 0.252 e. The standard InChI is InChI=1S/C23H25F2NO4/c1-14-16(8-7-9-18(14)29-2)22(28)26-23(10-5-4-6-11-23)21(27)15-12-17(24)20(25)19(13-15)30-3/h7-9,12-13H,4-6,10-11H2,1-3H3,(H,26,28). The summed E-state index contributed by atoms with van der Waals surface area (Å²) >= 11 is 0. The highest BCUT2D eigenvalue weighted by Gasteiger charge is 2.42. The first-order chi connectivity index (χ1) is 14.3. The van der Waals surface area contributed by atoms with Crippen molar-refractivity contribution in [1.82, 2.24) is 5.32 Å². The normalized spacial score (nSPS) is 15.4. The summed E-state index contributed by atoms with van der Waals surface area (Å²) in [6, 6.07) is 7.16. The molecule has 1 amide bonds. The number of methoxy groups -OCH3 is 2. The first-order valence-corrected chi connectivity index (χ1v) is 9.87. The number of ether oxygens (including phenoxy) is 2. The molecule has 0 spiro atoms. The molecule has 0 saturated heterocycles. The topological polar surface area (TPSA) is 64.6 Å². The molecule has 0 bridgehead atoms. The number of hydrogen-bond donors (Lipinski definition) is 1. The van der Waals surface area contributed by atoms with Gasteiger partial charge in [-0.25, -0.2) is 4.39 Å². The van der Waals surface area contributed by atoms with Crippen LogP contribution in [0.25, 0.3) is 0 Å². The van der Waals surface area contributed by atoms with Crippen LogP contribution in [-0.2, 0) is 0 Å². The summed E-state index contributed by atoms with van der Waals surface area (Å²) < 4.78 is 38.0. The Balaban J connectivity index is 1.98. The molecule has 1 aliphatic carbocycles. The second-order valence-electron chi connectivity index (χ2n) is 7.53. The van der Waals surface area contributed by atoms with Crippen molar-refractivity contribution < 1.29 is 27.8 Å². The molecular formula is C23H25F2NO4. The average molecular weight is 417 g/mol. The zero-order valence-corrected chi connectivity index (χ0v) is 17.3. The Morgan fingerprint density at radius 2 is 1.67 bits per heavy atom. The maximum absolute atomic E-state index is 14.0. The minimum Gasteiger partial charge on any atom is -0.496 e. The van der Waals surface area contributed by atoms with E-state index in [2.05, 4.69) is 5.32 Å². The third kappa shape index (κ3) is 4.01. The number of nitrogens with one attached hydrogen (secondary N) is 1. The Bertz CT molecular complexity index is 968. The summed E-state index contributed by atoms with van der Waals surface area (Å²) in [6.45, 7) is 1.77. The number of carbonyl (C=O) groups excluding carboxylic acids is 2. The molecule has 0 radical (unpaired) electrons. The second-order valence-corrected chi connectivity index (χ2v) is 7.53. The van der Waals surface area contributed by atoms with Gasteiger partial charge in [-0.15, -0.1) is 0 Å². The summed E-state index contributed by atoms with van der Waals surface area (Å²) in [5, 5.41) is 2.91. The van der Waals surface area contributed by atoms with Crippen LogP contribution in [0.4, 0.5) is 8.78 Å². The van der Waals surface area contributed by atoms with Crippen LogP contribution in [0.5, 0.6) is 11.5 Å². The highest BCUT2D eigenvalue weighted by molar-refractivity contribution is 6.07. The van der Waals surface area contributed by atoms with E-state index in [4.69, 9.17) is 9.47 Å². The molecule has 7 heteroatoms. The Labute approximate surface area is 174 Å². The molecule has 3 rings (SSSR count). The van der Waals surface area contributed by atoms with E-state index in [9.17, 15) is 18.4 Å². The number of ketones is 1. The summed E-state index contributed by atoms with van der Waals surface area (Å²) in [5.41, 5.74) is -0.171. The van der Waals surface area contributed by atoms with Gasteiger partial charge >= 0.3 is 0 Å². The molecule has 0 heterocycles. The van der Waals surface area contributed by atoms with E-state index in [1.165, 1.54) is 20.3 Å². The maximum atomic E-state index is 14.0. The van der Waals surface area contributed by atoms with Gasteiger partial charge in [-0.05, 0) is 44.0 Å². The third-order valence-electron chi connectivity index (χ3n) is 5.72. The lowest BCUT2D eigenvalue weighted by atomic mass is 9.76. The van der Waals surface area contributed by atoms with Gasteiger partial charge < -0.3 is 14.8 Å². The Morgan fingerprint density at radius 3 is 2.30 bits per heavy atom. The molecule has 0 unspecified atom stereocenters. The fourth-order valence-corrected chi connectivity index (χ4v) is 4.05. The first-order valence-electron chi connectivity index (χ1n) is 9.87. The first kappa shape index (κ1) is 21.7. The predicted octanol–water partition coefficient (Wildman–Crippen LogP) is 4.61. The Kier molecular flexibility index (Phi) is 6.39. The molecule has 0 aliphatic heterocycles. The SMILES string of the molecule is COc1cccc(C(=O)NC2(C(=O)c3cc(F)c(F)c(OC)c3)CCCCC2)c1C. The van der Waals surface area contributed by atoms with Gasteiger partial charge in [-0.2, -0.15) is 4.39 Å². The molecule has 1 N–H and O–H groups in total. The highest BCUT2D eigenvalue weighted by atomic mass is 19.2. The second kappa shape index (κ2) is 8.81. The zero-order valence-electron chi connectivity index (χ0n) is 17.3. The molecule has 0 atom stereocenters.